The van der Waals surface area contributed by atoms with E-state index in [1.807, 2.05) is 29.5 Å². The van der Waals surface area contributed by atoms with E-state index in [0.717, 1.165) is 41.2 Å². The highest BCUT2D eigenvalue weighted by atomic mass is 16.4. The maximum atomic E-state index is 12.9. The zero-order valence-electron chi connectivity index (χ0n) is 15.2. The molecule has 0 fully saturated rings. The van der Waals surface area contributed by atoms with Gasteiger partial charge in [-0.2, -0.15) is 5.10 Å². The highest BCUT2D eigenvalue weighted by molar-refractivity contribution is 5.94. The number of carbonyl (C=O) groups excluding carboxylic acids is 1. The van der Waals surface area contributed by atoms with Gasteiger partial charge in [0.05, 0.1) is 18.3 Å². The van der Waals surface area contributed by atoms with Crippen LogP contribution in [0, 0.1) is 13.8 Å². The van der Waals surface area contributed by atoms with Crippen molar-refractivity contribution in [2.75, 3.05) is 6.54 Å². The van der Waals surface area contributed by atoms with E-state index in [1.165, 1.54) is 0 Å². The fourth-order valence-corrected chi connectivity index (χ4v) is 3.42. The highest BCUT2D eigenvalue weighted by Gasteiger charge is 2.29. The summed E-state index contributed by atoms with van der Waals surface area (Å²) in [7, 11) is 0. The smallest absolute Gasteiger partial charge is 0.255 e. The number of hydrogen-bond donors (Lipinski definition) is 0. The minimum Gasteiger partial charge on any atom is -0.440 e. The molecule has 0 atom stereocenters. The van der Waals surface area contributed by atoms with Crippen molar-refractivity contribution in [3.63, 3.8) is 0 Å². The van der Waals surface area contributed by atoms with E-state index < -0.39 is 0 Å². The Morgan fingerprint density at radius 3 is 2.81 bits per heavy atom. The molecule has 3 aromatic heterocycles. The van der Waals surface area contributed by atoms with E-state index in [1.54, 1.807) is 18.6 Å². The highest BCUT2D eigenvalue weighted by Crippen LogP contribution is 2.30. The minimum atomic E-state index is -0.00867. The fraction of sp³-hybridized carbons (Fsp3) is 0.368. The molecule has 26 heavy (non-hydrogen) atoms. The number of oxazole rings is 1. The number of rotatable bonds is 3. The van der Waals surface area contributed by atoms with Crippen molar-refractivity contribution < 1.29 is 9.21 Å². The molecule has 4 rings (SSSR count). The van der Waals surface area contributed by atoms with Crippen LogP contribution in [-0.2, 0) is 19.5 Å². The van der Waals surface area contributed by atoms with Crippen LogP contribution in [0.15, 0.2) is 29.1 Å². The van der Waals surface area contributed by atoms with Gasteiger partial charge in [0.1, 0.15) is 5.76 Å². The zero-order chi connectivity index (χ0) is 18.3. The van der Waals surface area contributed by atoms with Crippen LogP contribution in [-0.4, -0.2) is 37.1 Å². The summed E-state index contributed by atoms with van der Waals surface area (Å²) in [5.41, 5.74) is 4.50. The number of aromatic nitrogens is 4. The lowest BCUT2D eigenvalue weighted by Crippen LogP contribution is -2.36. The van der Waals surface area contributed by atoms with Crippen molar-refractivity contribution in [1.29, 1.82) is 0 Å². The Balaban J connectivity index is 1.69. The van der Waals surface area contributed by atoms with Crippen molar-refractivity contribution in [3.8, 4) is 11.6 Å². The van der Waals surface area contributed by atoms with Gasteiger partial charge in [-0.1, -0.05) is 0 Å². The Labute approximate surface area is 151 Å². The molecule has 0 aliphatic carbocycles. The maximum absolute atomic E-state index is 12.9. The molecule has 4 heterocycles. The van der Waals surface area contributed by atoms with Gasteiger partial charge in [0, 0.05) is 43.2 Å². The summed E-state index contributed by atoms with van der Waals surface area (Å²) in [5.74, 6) is 1.25. The molecule has 0 radical (unpaired) electrons. The number of fused-ring (bicyclic) bond motifs is 1. The van der Waals surface area contributed by atoms with E-state index in [0.29, 0.717) is 24.5 Å². The summed E-state index contributed by atoms with van der Waals surface area (Å²) >= 11 is 0. The van der Waals surface area contributed by atoms with Gasteiger partial charge in [-0.15, -0.1) is 0 Å². The predicted molar refractivity (Wildman–Crippen MR) is 95.6 cm³/mol. The number of amides is 1. The third kappa shape index (κ3) is 2.79. The molecular weight excluding hydrogens is 330 g/mol. The Hall–Kier alpha value is -2.96. The molecule has 1 aliphatic rings. The second-order valence-corrected chi connectivity index (χ2v) is 6.59. The molecule has 1 aliphatic heterocycles. The largest absolute Gasteiger partial charge is 0.440 e. The average Bonchev–Trinajstić information content (AvgIpc) is 3.23. The van der Waals surface area contributed by atoms with Crippen molar-refractivity contribution in [2.45, 2.75) is 40.3 Å². The molecule has 7 heteroatoms. The topological polar surface area (TPSA) is 77.0 Å². The van der Waals surface area contributed by atoms with E-state index in [-0.39, 0.29) is 5.91 Å². The summed E-state index contributed by atoms with van der Waals surface area (Å²) in [4.78, 5) is 23.2. The third-order valence-corrected chi connectivity index (χ3v) is 4.67. The summed E-state index contributed by atoms with van der Waals surface area (Å²) in [6, 6.07) is 1.87. The van der Waals surface area contributed by atoms with E-state index >= 15 is 0 Å². The van der Waals surface area contributed by atoms with Gasteiger partial charge in [0.2, 0.25) is 5.89 Å². The fourth-order valence-electron chi connectivity index (χ4n) is 3.42. The second-order valence-electron chi connectivity index (χ2n) is 6.59. The molecule has 0 saturated carbocycles. The third-order valence-electron chi connectivity index (χ3n) is 4.67. The first-order valence-electron chi connectivity index (χ1n) is 8.79. The number of carbonyl (C=O) groups is 1. The quantitative estimate of drug-likeness (QED) is 0.725. The second kappa shape index (κ2) is 6.40. The normalized spacial score (nSPS) is 13.7. The Bertz CT molecular complexity index is 972. The van der Waals surface area contributed by atoms with Gasteiger partial charge in [-0.25, -0.2) is 4.98 Å². The number of hydrogen-bond acceptors (Lipinski definition) is 5. The molecule has 0 N–H and O–H groups in total. The predicted octanol–water partition coefficient (Wildman–Crippen LogP) is 2.77. The molecule has 1 amide bonds. The monoisotopic (exact) mass is 351 g/mol. The minimum absolute atomic E-state index is 0.00867. The molecule has 0 bridgehead atoms. The van der Waals surface area contributed by atoms with Crippen molar-refractivity contribution in [1.82, 2.24) is 24.6 Å². The molecule has 3 aromatic rings. The van der Waals surface area contributed by atoms with Crippen LogP contribution in [0.2, 0.25) is 0 Å². The van der Waals surface area contributed by atoms with E-state index in [2.05, 4.69) is 22.0 Å². The van der Waals surface area contributed by atoms with Gasteiger partial charge in [0.25, 0.3) is 5.91 Å². The van der Waals surface area contributed by atoms with Crippen LogP contribution in [0.1, 0.15) is 39.9 Å². The van der Waals surface area contributed by atoms with Crippen LogP contribution < -0.4 is 0 Å². The van der Waals surface area contributed by atoms with Crippen molar-refractivity contribution in [3.05, 3.63) is 52.8 Å². The summed E-state index contributed by atoms with van der Waals surface area (Å²) < 4.78 is 7.68. The van der Waals surface area contributed by atoms with Crippen LogP contribution >= 0.6 is 0 Å². The first kappa shape index (κ1) is 16.5. The van der Waals surface area contributed by atoms with Crippen molar-refractivity contribution >= 4 is 5.91 Å². The first-order valence-corrected chi connectivity index (χ1v) is 8.79. The van der Waals surface area contributed by atoms with E-state index in [4.69, 9.17) is 4.42 Å². The van der Waals surface area contributed by atoms with E-state index in [9.17, 15) is 4.79 Å². The molecule has 0 unspecified atom stereocenters. The SMILES string of the molecule is CCn1nc(-c2ncc(C)o2)c2c1CCN(C(=O)c1cncc(C)c1)C2. The lowest BCUT2D eigenvalue weighted by molar-refractivity contribution is 0.0733. The lowest BCUT2D eigenvalue weighted by atomic mass is 10.0. The average molecular weight is 351 g/mol. The Morgan fingerprint density at radius 2 is 2.12 bits per heavy atom. The van der Waals surface area contributed by atoms with Crippen LogP contribution in [0.5, 0.6) is 0 Å². The van der Waals surface area contributed by atoms with Gasteiger partial charge >= 0.3 is 0 Å². The van der Waals surface area contributed by atoms with Crippen LogP contribution in [0.3, 0.4) is 0 Å². The summed E-state index contributed by atoms with van der Waals surface area (Å²) in [6.45, 7) is 7.80. The number of nitrogens with zero attached hydrogens (tertiary/aromatic N) is 5. The Kier molecular flexibility index (Phi) is 4.06. The first-order chi connectivity index (χ1) is 12.6. The Morgan fingerprint density at radius 1 is 1.27 bits per heavy atom. The standard InChI is InChI=1S/C19H21N5O2/c1-4-24-16-5-6-23(19(25)14-7-12(2)8-20-10-14)11-15(16)17(22-24)18-21-9-13(3)26-18/h7-10H,4-6,11H2,1-3H3. The number of pyridine rings is 1. The van der Waals surface area contributed by atoms with Gasteiger partial charge in [0.15, 0.2) is 5.69 Å². The zero-order valence-corrected chi connectivity index (χ0v) is 15.2. The van der Waals surface area contributed by atoms with Crippen LogP contribution in [0.4, 0.5) is 0 Å². The molecule has 0 saturated heterocycles. The van der Waals surface area contributed by atoms with Gasteiger partial charge in [-0.05, 0) is 32.4 Å². The molecule has 134 valence electrons. The van der Waals surface area contributed by atoms with Gasteiger partial charge < -0.3 is 9.32 Å². The van der Waals surface area contributed by atoms with Gasteiger partial charge in [-0.3, -0.25) is 14.5 Å². The molecule has 0 spiro atoms. The van der Waals surface area contributed by atoms with Crippen molar-refractivity contribution in [2.24, 2.45) is 0 Å². The summed E-state index contributed by atoms with van der Waals surface area (Å²) in [5, 5.41) is 4.68. The lowest BCUT2D eigenvalue weighted by Gasteiger charge is -2.27. The summed E-state index contributed by atoms with van der Waals surface area (Å²) in [6.07, 6.45) is 5.83. The molecular formula is C19H21N5O2. The number of aryl methyl sites for hydroxylation is 3. The molecule has 0 aromatic carbocycles. The van der Waals surface area contributed by atoms with Crippen LogP contribution in [0.25, 0.3) is 11.6 Å². The maximum Gasteiger partial charge on any atom is 0.255 e. The molecule has 7 nitrogen and oxygen atoms in total.